The van der Waals surface area contributed by atoms with Crippen molar-refractivity contribution in [3.63, 3.8) is 0 Å². The van der Waals surface area contributed by atoms with Crippen LogP contribution in [0.4, 0.5) is 0 Å². The Morgan fingerprint density at radius 2 is 1.62 bits per heavy atom. The van der Waals surface area contributed by atoms with Crippen LogP contribution >= 0.6 is 6.57 Å². The summed E-state index contributed by atoms with van der Waals surface area (Å²) in [6, 6.07) is 11.2. The van der Waals surface area contributed by atoms with Crippen LogP contribution in [0.5, 0.6) is 0 Å². The molecule has 0 heterocycles. The molecule has 3 heteroatoms. The molecule has 1 aromatic carbocycles. The van der Waals surface area contributed by atoms with E-state index >= 15 is 0 Å². The average molecular weight is 392 g/mol. The van der Waals surface area contributed by atoms with Crippen LogP contribution < -0.4 is 5.30 Å². The van der Waals surface area contributed by atoms with Crippen molar-refractivity contribution < 1.29 is 16.1 Å². The summed E-state index contributed by atoms with van der Waals surface area (Å²) in [6.07, 6.45) is 15.7. The third kappa shape index (κ3) is 5.81. The van der Waals surface area contributed by atoms with Gasteiger partial charge in [-0.05, 0) is 11.0 Å². The first-order chi connectivity index (χ1) is 11.1. The normalized spacial score (nSPS) is 24.7. The van der Waals surface area contributed by atoms with Gasteiger partial charge in [0.2, 0.25) is 0 Å². The number of allylic oxidation sites excluding steroid dienone is 6. The quantitative estimate of drug-likeness (QED) is 0.384. The van der Waals surface area contributed by atoms with Gasteiger partial charge in [-0.25, -0.2) is 0 Å². The van der Waals surface area contributed by atoms with Crippen molar-refractivity contribution in [2.24, 2.45) is 11.8 Å². The van der Waals surface area contributed by atoms with Crippen LogP contribution in [0.2, 0.25) is 14.7 Å². The molecule has 0 N–H and O–H groups in total. The van der Waals surface area contributed by atoms with Gasteiger partial charge < -0.3 is 0 Å². The molecule has 0 amide bonds. The molecule has 0 aliphatic heterocycles. The van der Waals surface area contributed by atoms with Crippen LogP contribution in [-0.2, 0) is 16.1 Å². The molecule has 4 atom stereocenters. The summed E-state index contributed by atoms with van der Waals surface area (Å²) in [7, 11) is 0. The Hall–Kier alpha value is -0.459. The maximum Gasteiger partial charge on any atom is -0.0149 e. The maximum atomic E-state index is 3.36. The first kappa shape index (κ1) is 21.6. The monoisotopic (exact) mass is 392 g/mol. The Morgan fingerprint density at radius 1 is 1.00 bits per heavy atom. The Bertz CT molecular complexity index is 571. The number of rotatable bonds is 4. The van der Waals surface area contributed by atoms with E-state index in [1.807, 2.05) is 0 Å². The Morgan fingerprint density at radius 3 is 2.25 bits per heavy atom. The Balaban J connectivity index is 0.000000522. The van der Waals surface area contributed by atoms with Crippen molar-refractivity contribution >= 4 is 22.8 Å². The van der Waals surface area contributed by atoms with Crippen LogP contribution in [0.25, 0.3) is 0 Å². The van der Waals surface area contributed by atoms with Crippen molar-refractivity contribution in [1.29, 1.82) is 0 Å². The van der Waals surface area contributed by atoms with E-state index in [-0.39, 0.29) is 11.0 Å². The van der Waals surface area contributed by atoms with Gasteiger partial charge in [0.1, 0.15) is 0 Å². The van der Waals surface area contributed by atoms with Crippen LogP contribution in [0.15, 0.2) is 79.9 Å². The molecule has 0 spiro atoms. The van der Waals surface area contributed by atoms with Crippen molar-refractivity contribution in [2.45, 2.75) is 27.5 Å². The standard InChI is InChI=1S/C9H11.C6H6P.C4H6.2CH3.H4Si.Ti/c1-2-5-9-7-3-6-8(9)4-1;7-6-4-2-1-3-5-6;1-3-4-2;;;;/h1-2,4-6,8-9H,3,7H2;1-5,7H;3-4H,1-2H2;2*1H3;1H4;/q;-1;;;;;+1. The van der Waals surface area contributed by atoms with Gasteiger partial charge in [-0.1, -0.05) is 25.3 Å². The average Bonchev–Trinajstić information content (AvgIpc) is 3.00. The van der Waals surface area contributed by atoms with Crippen LogP contribution in [0.3, 0.4) is 0 Å². The summed E-state index contributed by atoms with van der Waals surface area (Å²) in [5, 5.41) is 6.90. The molecule has 1 fully saturated rings. The van der Waals surface area contributed by atoms with Crippen LogP contribution in [0, 0.1) is 11.8 Å². The zero-order valence-electron chi connectivity index (χ0n) is 14.4. The zero-order chi connectivity index (χ0) is 16.7. The maximum absolute atomic E-state index is 3.36. The van der Waals surface area contributed by atoms with E-state index in [0.717, 1.165) is 22.6 Å². The second-order valence-corrected chi connectivity index (χ2v) is 20.7. The van der Waals surface area contributed by atoms with Crippen LogP contribution in [-0.4, -0.2) is 11.0 Å². The van der Waals surface area contributed by atoms with E-state index in [0.29, 0.717) is 0 Å². The number of fused-ring (bicyclic) bond motifs is 1. The minimum Gasteiger partial charge on any atom is -0.0149 e. The molecule has 4 unspecified atom stereocenters. The Labute approximate surface area is 157 Å². The molecule has 0 nitrogen and oxygen atoms in total. The molecule has 24 heavy (non-hydrogen) atoms. The molecular formula is C21H33PSiTi. The number of benzene rings is 1. The van der Waals surface area contributed by atoms with E-state index in [1.165, 1.54) is 12.8 Å². The van der Waals surface area contributed by atoms with Gasteiger partial charge in [0.15, 0.2) is 0 Å². The fourth-order valence-corrected chi connectivity index (χ4v) is 15.0. The summed E-state index contributed by atoms with van der Waals surface area (Å²) in [6.45, 7) is 7.82. The van der Waals surface area contributed by atoms with Gasteiger partial charge in [0.05, 0.1) is 0 Å². The largest absolute Gasteiger partial charge is 0.0149 e. The van der Waals surface area contributed by atoms with Gasteiger partial charge in [0, 0.05) is 0 Å². The molecule has 2 aliphatic carbocycles. The van der Waals surface area contributed by atoms with Crippen molar-refractivity contribution in [1.82, 2.24) is 0 Å². The van der Waals surface area contributed by atoms with Crippen molar-refractivity contribution in [3.05, 3.63) is 79.9 Å². The van der Waals surface area contributed by atoms with Crippen molar-refractivity contribution in [3.8, 4) is 0 Å². The summed E-state index contributed by atoms with van der Waals surface area (Å²) in [5.74, 6) is 1.71. The smallest absolute Gasteiger partial charge is 0.0149 e. The third-order valence-electron chi connectivity index (χ3n) is 4.91. The Kier molecular flexibility index (Phi) is 9.46. The number of hydrogen-bond donors (Lipinski definition) is 0. The van der Waals surface area contributed by atoms with E-state index < -0.39 is 16.1 Å². The first-order valence-corrected chi connectivity index (χ1v) is 15.9. The van der Waals surface area contributed by atoms with E-state index in [9.17, 15) is 0 Å². The molecule has 0 aromatic heterocycles. The van der Waals surface area contributed by atoms with E-state index in [1.54, 1.807) is 17.5 Å². The molecule has 0 bridgehead atoms. The molecule has 0 radical (unpaired) electrons. The van der Waals surface area contributed by atoms with Gasteiger partial charge >= 0.3 is 122 Å². The molecular weight excluding hydrogens is 359 g/mol. The SMILES string of the molecule is C=CC=C.[CH3][Ti]([CH3])([PH]c1ccccc1)[CH]1CCC2C=CC=CC21.[SiH4]. The fourth-order valence-electron chi connectivity index (χ4n) is 3.78. The molecule has 2 aliphatic rings. The predicted octanol–water partition coefficient (Wildman–Crippen LogP) is 5.00. The fraction of sp³-hybridized carbons (Fsp3) is 0.333. The van der Waals surface area contributed by atoms with Gasteiger partial charge in [-0.3, -0.25) is 0 Å². The minimum absolute atomic E-state index is 0. The van der Waals surface area contributed by atoms with Gasteiger partial charge in [-0.2, -0.15) is 0 Å². The number of hydrogen-bond acceptors (Lipinski definition) is 0. The van der Waals surface area contributed by atoms with Gasteiger partial charge in [0.25, 0.3) is 0 Å². The predicted molar refractivity (Wildman–Crippen MR) is 116 cm³/mol. The topological polar surface area (TPSA) is 0 Å². The molecule has 1 aromatic rings. The summed E-state index contributed by atoms with van der Waals surface area (Å²) < 4.78 is 1.02. The third-order valence-corrected chi connectivity index (χ3v) is 16.0. The van der Waals surface area contributed by atoms with E-state index in [4.69, 9.17) is 0 Å². The summed E-state index contributed by atoms with van der Waals surface area (Å²) in [5.41, 5.74) is 0. The second kappa shape index (κ2) is 10.5. The molecule has 130 valence electrons. The van der Waals surface area contributed by atoms with Crippen molar-refractivity contribution in [2.75, 3.05) is 0 Å². The zero-order valence-corrected chi connectivity index (χ0v) is 17.0. The molecule has 1 saturated carbocycles. The second-order valence-electron chi connectivity index (χ2n) is 6.88. The van der Waals surface area contributed by atoms with Gasteiger partial charge in [-0.15, -0.1) is 0 Å². The summed E-state index contributed by atoms with van der Waals surface area (Å²) in [4.78, 5) is 0. The first-order valence-electron chi connectivity index (χ1n) is 8.50. The molecule has 3 rings (SSSR count). The minimum atomic E-state index is -1.73. The van der Waals surface area contributed by atoms with E-state index in [2.05, 4.69) is 78.3 Å². The molecule has 0 saturated heterocycles. The summed E-state index contributed by atoms with van der Waals surface area (Å²) >= 11 is -1.73. The van der Waals surface area contributed by atoms with Crippen LogP contribution in [0.1, 0.15) is 12.8 Å².